The van der Waals surface area contributed by atoms with E-state index in [1.165, 1.54) is 11.3 Å². The lowest BCUT2D eigenvalue weighted by Gasteiger charge is -2.31. The molecule has 4 rings (SSSR count). The van der Waals surface area contributed by atoms with Crippen molar-refractivity contribution in [1.29, 1.82) is 0 Å². The van der Waals surface area contributed by atoms with Gasteiger partial charge in [0.05, 0.1) is 19.4 Å². The first-order chi connectivity index (χ1) is 12.1. The predicted octanol–water partition coefficient (Wildman–Crippen LogP) is 4.02. The van der Waals surface area contributed by atoms with Crippen LogP contribution in [0.3, 0.4) is 0 Å². The molecule has 0 aliphatic carbocycles. The molecule has 1 aromatic carbocycles. The minimum absolute atomic E-state index is 0.139. The fourth-order valence-electron chi connectivity index (χ4n) is 2.75. The van der Waals surface area contributed by atoms with Crippen LogP contribution in [-0.2, 0) is 0 Å². The van der Waals surface area contributed by atoms with Crippen molar-refractivity contribution in [2.75, 3.05) is 43.4 Å². The van der Waals surface area contributed by atoms with E-state index in [1.54, 1.807) is 23.5 Å². The van der Waals surface area contributed by atoms with Crippen LogP contribution < -0.4 is 10.2 Å². The van der Waals surface area contributed by atoms with Gasteiger partial charge in [-0.3, -0.25) is 4.79 Å². The van der Waals surface area contributed by atoms with Crippen molar-refractivity contribution in [1.82, 2.24) is 9.88 Å². The van der Waals surface area contributed by atoms with Crippen LogP contribution in [0.5, 0.6) is 0 Å². The van der Waals surface area contributed by atoms with E-state index >= 15 is 0 Å². The Morgan fingerprint density at radius 3 is 2.68 bits per heavy atom. The zero-order chi connectivity index (χ0) is 17.4. The molecule has 0 saturated carbocycles. The number of carbonyl (C=O) groups is 1. The van der Waals surface area contributed by atoms with Crippen LogP contribution in [0.25, 0.3) is 10.2 Å². The summed E-state index contributed by atoms with van der Waals surface area (Å²) in [6.07, 6.45) is 0. The van der Waals surface area contributed by atoms with Crippen molar-refractivity contribution in [2.45, 2.75) is 0 Å². The fraction of sp³-hybridized carbons (Fsp3) is 0.294. The molecule has 8 heteroatoms. The molecule has 1 N–H and O–H groups in total. The quantitative estimate of drug-likeness (QED) is 0.731. The van der Waals surface area contributed by atoms with Crippen molar-refractivity contribution >= 4 is 61.2 Å². The molecule has 3 aromatic rings. The maximum atomic E-state index is 12.3. The van der Waals surface area contributed by atoms with Crippen molar-refractivity contribution in [3.8, 4) is 0 Å². The van der Waals surface area contributed by atoms with E-state index in [0.717, 1.165) is 47.2 Å². The second kappa shape index (κ2) is 6.92. The average Bonchev–Trinajstić information content (AvgIpc) is 3.21. The summed E-state index contributed by atoms with van der Waals surface area (Å²) in [6, 6.07) is 9.31. The van der Waals surface area contributed by atoms with Gasteiger partial charge in [-0.15, -0.1) is 11.3 Å². The Hall–Kier alpha value is -1.67. The molecule has 1 saturated heterocycles. The topological polar surface area (TPSA) is 48.5 Å². The third-order valence-corrected chi connectivity index (χ3v) is 6.51. The molecule has 0 bridgehead atoms. The maximum Gasteiger partial charge on any atom is 0.265 e. The Balaban J connectivity index is 1.53. The van der Waals surface area contributed by atoms with Gasteiger partial charge in [-0.05, 0) is 37.4 Å². The highest BCUT2D eigenvalue weighted by Gasteiger charge is 2.18. The van der Waals surface area contributed by atoms with Crippen LogP contribution in [0.2, 0.25) is 4.34 Å². The molecule has 0 spiro atoms. The summed E-state index contributed by atoms with van der Waals surface area (Å²) in [6.45, 7) is 4.11. The smallest absolute Gasteiger partial charge is 0.265 e. The number of thiophene rings is 1. The summed E-state index contributed by atoms with van der Waals surface area (Å²) >= 11 is 8.84. The molecule has 3 heterocycles. The Labute approximate surface area is 158 Å². The summed E-state index contributed by atoms with van der Waals surface area (Å²) in [5, 5.41) is 3.98. The average molecular weight is 393 g/mol. The highest BCUT2D eigenvalue weighted by atomic mass is 35.5. The van der Waals surface area contributed by atoms with E-state index < -0.39 is 0 Å². The zero-order valence-electron chi connectivity index (χ0n) is 13.7. The SMILES string of the molecule is CN1CCN(c2nc3ccc(NC(=O)c4ccc(Cl)s4)cc3s2)CC1. The number of aromatic nitrogens is 1. The summed E-state index contributed by atoms with van der Waals surface area (Å²) in [5.41, 5.74) is 1.74. The van der Waals surface area contributed by atoms with Gasteiger partial charge in [0.2, 0.25) is 0 Å². The third-order valence-electron chi connectivity index (χ3n) is 4.21. The van der Waals surface area contributed by atoms with E-state index in [9.17, 15) is 4.79 Å². The van der Waals surface area contributed by atoms with Crippen LogP contribution in [0.1, 0.15) is 9.67 Å². The molecule has 5 nitrogen and oxygen atoms in total. The monoisotopic (exact) mass is 392 g/mol. The lowest BCUT2D eigenvalue weighted by Crippen LogP contribution is -2.44. The molecule has 2 aromatic heterocycles. The van der Waals surface area contributed by atoms with Crippen molar-refractivity contribution in [2.24, 2.45) is 0 Å². The maximum absolute atomic E-state index is 12.3. The minimum atomic E-state index is -0.139. The number of rotatable bonds is 3. The van der Waals surface area contributed by atoms with Gasteiger partial charge >= 0.3 is 0 Å². The number of halogens is 1. The Morgan fingerprint density at radius 2 is 1.96 bits per heavy atom. The van der Waals surface area contributed by atoms with Crippen molar-refractivity contribution in [3.63, 3.8) is 0 Å². The van der Waals surface area contributed by atoms with Gasteiger partial charge in [0, 0.05) is 31.9 Å². The van der Waals surface area contributed by atoms with Crippen molar-refractivity contribution in [3.05, 3.63) is 39.5 Å². The fourth-order valence-corrected chi connectivity index (χ4v) is 4.75. The van der Waals surface area contributed by atoms with Crippen LogP contribution in [0.4, 0.5) is 10.8 Å². The summed E-state index contributed by atoms with van der Waals surface area (Å²) in [7, 11) is 2.14. The number of carbonyl (C=O) groups excluding carboxylic acids is 1. The zero-order valence-corrected chi connectivity index (χ0v) is 16.0. The van der Waals surface area contributed by atoms with Gasteiger partial charge in [0.1, 0.15) is 0 Å². The van der Waals surface area contributed by atoms with Crippen LogP contribution >= 0.6 is 34.3 Å². The molecule has 1 fully saturated rings. The number of nitrogens with zero attached hydrogens (tertiary/aromatic N) is 3. The molecule has 25 heavy (non-hydrogen) atoms. The van der Waals surface area contributed by atoms with Gasteiger partial charge in [-0.1, -0.05) is 22.9 Å². The van der Waals surface area contributed by atoms with E-state index in [4.69, 9.17) is 16.6 Å². The molecule has 0 atom stereocenters. The molecule has 0 radical (unpaired) electrons. The number of piperazine rings is 1. The largest absolute Gasteiger partial charge is 0.345 e. The second-order valence-corrected chi connectivity index (χ2v) is 8.75. The third kappa shape index (κ3) is 3.64. The van der Waals surface area contributed by atoms with Gasteiger partial charge in [-0.25, -0.2) is 4.98 Å². The number of hydrogen-bond acceptors (Lipinski definition) is 6. The Bertz CT molecular complexity index is 914. The Kier molecular flexibility index (Phi) is 4.64. The van der Waals surface area contributed by atoms with Gasteiger partial charge < -0.3 is 15.1 Å². The first kappa shape index (κ1) is 16.8. The molecule has 0 unspecified atom stereocenters. The molecule has 1 aliphatic heterocycles. The van der Waals surface area contributed by atoms with Gasteiger partial charge in [0.15, 0.2) is 5.13 Å². The number of nitrogens with one attached hydrogen (secondary N) is 1. The van der Waals surface area contributed by atoms with Gasteiger partial charge in [0.25, 0.3) is 5.91 Å². The standard InChI is InChI=1S/C17H17ClN4OS2/c1-21-6-8-22(9-7-21)17-20-12-3-2-11(10-14(12)25-17)19-16(23)13-4-5-15(18)24-13/h2-5,10H,6-9H2,1H3,(H,19,23). The van der Waals surface area contributed by atoms with E-state index in [2.05, 4.69) is 22.2 Å². The highest BCUT2D eigenvalue weighted by molar-refractivity contribution is 7.22. The highest BCUT2D eigenvalue weighted by Crippen LogP contribution is 2.31. The normalized spacial score (nSPS) is 15.7. The first-order valence-corrected chi connectivity index (χ1v) is 10.0. The number of hydrogen-bond donors (Lipinski definition) is 1. The number of amides is 1. The number of likely N-dealkylation sites (N-methyl/N-ethyl adjacent to an activating group) is 1. The minimum Gasteiger partial charge on any atom is -0.345 e. The number of anilines is 2. The van der Waals surface area contributed by atoms with Crippen molar-refractivity contribution < 1.29 is 4.79 Å². The predicted molar refractivity (Wildman–Crippen MR) is 107 cm³/mol. The lowest BCUT2D eigenvalue weighted by atomic mass is 10.3. The molecular weight excluding hydrogens is 376 g/mol. The molecule has 1 aliphatic rings. The van der Waals surface area contributed by atoms with E-state index in [0.29, 0.717) is 9.21 Å². The molecule has 1 amide bonds. The van der Waals surface area contributed by atoms with E-state index in [-0.39, 0.29) is 5.91 Å². The lowest BCUT2D eigenvalue weighted by molar-refractivity contribution is 0.103. The van der Waals surface area contributed by atoms with Crippen LogP contribution in [0.15, 0.2) is 30.3 Å². The second-order valence-electron chi connectivity index (χ2n) is 6.03. The van der Waals surface area contributed by atoms with Gasteiger partial charge in [-0.2, -0.15) is 0 Å². The van der Waals surface area contributed by atoms with Crippen LogP contribution in [0, 0.1) is 0 Å². The molecule has 130 valence electrons. The summed E-state index contributed by atoms with van der Waals surface area (Å²) < 4.78 is 1.69. The number of benzene rings is 1. The van der Waals surface area contributed by atoms with Crippen LogP contribution in [-0.4, -0.2) is 49.0 Å². The van der Waals surface area contributed by atoms with E-state index in [1.807, 2.05) is 18.2 Å². The summed E-state index contributed by atoms with van der Waals surface area (Å²) in [5.74, 6) is -0.139. The summed E-state index contributed by atoms with van der Waals surface area (Å²) in [4.78, 5) is 22.3. The number of thiazole rings is 1. The molecular formula is C17H17ClN4OS2. The number of fused-ring (bicyclic) bond motifs is 1. The Morgan fingerprint density at radius 1 is 1.16 bits per heavy atom. The first-order valence-electron chi connectivity index (χ1n) is 7.99.